The van der Waals surface area contributed by atoms with Crippen molar-refractivity contribution < 1.29 is 14.9 Å². The molecular formula is C10H15NO3S2. The Morgan fingerprint density at radius 1 is 1.69 bits per heavy atom. The molecule has 1 rings (SSSR count). The van der Waals surface area contributed by atoms with Crippen molar-refractivity contribution in [3.63, 3.8) is 0 Å². The molecule has 0 aliphatic rings. The predicted molar refractivity (Wildman–Crippen MR) is 68.1 cm³/mol. The Labute approximate surface area is 103 Å². The maximum Gasteiger partial charge on any atom is 0.235 e. The average molecular weight is 261 g/mol. The van der Waals surface area contributed by atoms with Crippen LogP contribution in [0.5, 0.6) is 0 Å². The molecule has 4 nitrogen and oxygen atoms in total. The van der Waals surface area contributed by atoms with Crippen LogP contribution in [0.15, 0.2) is 6.07 Å². The van der Waals surface area contributed by atoms with E-state index in [0.29, 0.717) is 0 Å². The Hall–Kier alpha value is -0.560. The van der Waals surface area contributed by atoms with Crippen LogP contribution < -0.4 is 5.32 Å². The van der Waals surface area contributed by atoms with Gasteiger partial charge in [0.05, 0.1) is 10.8 Å². The van der Waals surface area contributed by atoms with Gasteiger partial charge >= 0.3 is 0 Å². The van der Waals surface area contributed by atoms with Gasteiger partial charge in [0.2, 0.25) is 5.91 Å². The molecule has 6 heteroatoms. The summed E-state index contributed by atoms with van der Waals surface area (Å²) in [5.41, 5.74) is 1.10. The molecule has 0 saturated carbocycles. The summed E-state index contributed by atoms with van der Waals surface area (Å²) in [7, 11) is 0. The highest BCUT2D eigenvalue weighted by molar-refractivity contribution is 7.99. The lowest BCUT2D eigenvalue weighted by Gasteiger charge is -2.02. The fourth-order valence-electron chi connectivity index (χ4n) is 1.18. The number of aryl methyl sites for hydroxylation is 2. The summed E-state index contributed by atoms with van der Waals surface area (Å²) in [6.45, 7) is 4.07. The first-order chi connectivity index (χ1) is 7.67. The van der Waals surface area contributed by atoms with Crippen LogP contribution in [0.4, 0.5) is 5.00 Å². The van der Waals surface area contributed by atoms with E-state index in [1.807, 2.05) is 6.92 Å². The van der Waals surface area contributed by atoms with Crippen molar-refractivity contribution >= 4 is 34.0 Å². The van der Waals surface area contributed by atoms with Gasteiger partial charge in [-0.3, -0.25) is 10.1 Å². The molecule has 0 aliphatic carbocycles. The molecule has 1 heterocycles. The fraction of sp³-hybridized carbons (Fsp3) is 0.500. The van der Waals surface area contributed by atoms with Gasteiger partial charge in [0.25, 0.3) is 0 Å². The van der Waals surface area contributed by atoms with Gasteiger partial charge in [-0.15, -0.1) is 23.1 Å². The number of nitrogens with one attached hydrogen (secondary N) is 1. The molecule has 2 N–H and O–H groups in total. The zero-order valence-electron chi connectivity index (χ0n) is 9.28. The molecule has 0 saturated heterocycles. The number of anilines is 1. The predicted octanol–water partition coefficient (Wildman–Crippen LogP) is 2.74. The van der Waals surface area contributed by atoms with E-state index in [4.69, 9.17) is 5.26 Å². The number of thiophene rings is 1. The minimum Gasteiger partial charge on any atom is -0.317 e. The lowest BCUT2D eigenvalue weighted by molar-refractivity contribution is -0.222. The van der Waals surface area contributed by atoms with Crippen molar-refractivity contribution in [3.05, 3.63) is 16.5 Å². The summed E-state index contributed by atoms with van der Waals surface area (Å²) in [4.78, 5) is 16.6. The Morgan fingerprint density at radius 3 is 3.00 bits per heavy atom. The van der Waals surface area contributed by atoms with Crippen LogP contribution in [0.25, 0.3) is 0 Å². The number of carbonyl (C=O) groups is 1. The van der Waals surface area contributed by atoms with Crippen LogP contribution in [-0.2, 0) is 16.1 Å². The van der Waals surface area contributed by atoms with Gasteiger partial charge in [0.1, 0.15) is 5.94 Å². The standard InChI is InChI=1S/C10H15NO3S2/c1-3-8-4-7(2)10(16-8)11-9(12)5-15-6-14-13/h4,13H,3,5-6H2,1-2H3,(H,11,12). The van der Waals surface area contributed by atoms with Gasteiger partial charge in [0, 0.05) is 4.88 Å². The van der Waals surface area contributed by atoms with Crippen molar-refractivity contribution in [2.75, 3.05) is 17.0 Å². The zero-order chi connectivity index (χ0) is 12.0. The number of carbonyl (C=O) groups excluding carboxylic acids is 1. The van der Waals surface area contributed by atoms with Gasteiger partial charge in [-0.1, -0.05) is 6.92 Å². The third-order valence-corrected chi connectivity index (χ3v) is 3.97. The average Bonchev–Trinajstić information content (AvgIpc) is 2.60. The van der Waals surface area contributed by atoms with E-state index >= 15 is 0 Å². The quantitative estimate of drug-likeness (QED) is 0.358. The molecule has 1 aromatic heterocycles. The SMILES string of the molecule is CCc1cc(C)c(NC(=O)CSCOO)s1. The molecular weight excluding hydrogens is 246 g/mol. The number of thioether (sulfide) groups is 1. The number of hydrogen-bond acceptors (Lipinski definition) is 5. The normalized spacial score (nSPS) is 10.4. The zero-order valence-corrected chi connectivity index (χ0v) is 10.9. The summed E-state index contributed by atoms with van der Waals surface area (Å²) in [6, 6.07) is 2.09. The minimum atomic E-state index is -0.0744. The third-order valence-electron chi connectivity index (χ3n) is 1.94. The smallest absolute Gasteiger partial charge is 0.235 e. The molecule has 0 atom stereocenters. The van der Waals surface area contributed by atoms with E-state index in [1.54, 1.807) is 11.3 Å². The Balaban J connectivity index is 2.45. The maximum atomic E-state index is 11.5. The van der Waals surface area contributed by atoms with Crippen LogP contribution in [0.1, 0.15) is 17.4 Å². The topological polar surface area (TPSA) is 58.6 Å². The summed E-state index contributed by atoms with van der Waals surface area (Å²) in [5.74, 6) is 0.311. The Bertz CT molecular complexity index is 352. The van der Waals surface area contributed by atoms with Gasteiger partial charge in [0.15, 0.2) is 0 Å². The van der Waals surface area contributed by atoms with E-state index in [2.05, 4.69) is 23.2 Å². The van der Waals surface area contributed by atoms with Crippen molar-refractivity contribution in [1.29, 1.82) is 0 Å². The second-order valence-electron chi connectivity index (χ2n) is 3.22. The van der Waals surface area contributed by atoms with Crippen LogP contribution in [0.2, 0.25) is 0 Å². The number of amides is 1. The lowest BCUT2D eigenvalue weighted by Crippen LogP contribution is -2.14. The summed E-state index contributed by atoms with van der Waals surface area (Å²) in [5, 5.41) is 11.9. The second kappa shape index (κ2) is 6.90. The largest absolute Gasteiger partial charge is 0.317 e. The molecule has 90 valence electrons. The highest BCUT2D eigenvalue weighted by Gasteiger charge is 2.08. The fourth-order valence-corrected chi connectivity index (χ4v) is 2.62. The second-order valence-corrected chi connectivity index (χ2v) is 5.29. The van der Waals surface area contributed by atoms with Crippen LogP contribution in [0, 0.1) is 6.92 Å². The molecule has 0 aromatic carbocycles. The number of rotatable bonds is 6. The van der Waals surface area contributed by atoms with Gasteiger partial charge < -0.3 is 5.32 Å². The first-order valence-corrected chi connectivity index (χ1v) is 6.87. The van der Waals surface area contributed by atoms with E-state index in [1.165, 1.54) is 16.6 Å². The van der Waals surface area contributed by atoms with Gasteiger partial charge in [-0.05, 0) is 25.0 Å². The highest BCUT2D eigenvalue weighted by Crippen LogP contribution is 2.27. The summed E-state index contributed by atoms with van der Waals surface area (Å²) in [6.07, 6.45) is 0.981. The van der Waals surface area contributed by atoms with Gasteiger partial charge in [-0.2, -0.15) is 0 Å². The molecule has 16 heavy (non-hydrogen) atoms. The molecule has 0 fully saturated rings. The lowest BCUT2D eigenvalue weighted by atomic mass is 10.3. The van der Waals surface area contributed by atoms with Crippen molar-refractivity contribution in [3.8, 4) is 0 Å². The van der Waals surface area contributed by atoms with Crippen LogP contribution in [-0.4, -0.2) is 22.9 Å². The van der Waals surface area contributed by atoms with E-state index in [-0.39, 0.29) is 17.6 Å². The van der Waals surface area contributed by atoms with Crippen molar-refractivity contribution in [1.82, 2.24) is 0 Å². The monoisotopic (exact) mass is 261 g/mol. The van der Waals surface area contributed by atoms with E-state index in [0.717, 1.165) is 17.0 Å². The minimum absolute atomic E-state index is 0.0744. The molecule has 0 radical (unpaired) electrons. The number of hydrogen-bond donors (Lipinski definition) is 2. The first kappa shape index (κ1) is 13.5. The summed E-state index contributed by atoms with van der Waals surface area (Å²) >= 11 is 2.82. The molecule has 0 unspecified atom stereocenters. The molecule has 1 amide bonds. The first-order valence-electron chi connectivity index (χ1n) is 4.90. The Morgan fingerprint density at radius 2 is 2.44 bits per heavy atom. The molecule has 0 bridgehead atoms. The van der Waals surface area contributed by atoms with Crippen molar-refractivity contribution in [2.24, 2.45) is 0 Å². The molecule has 0 aliphatic heterocycles. The van der Waals surface area contributed by atoms with E-state index in [9.17, 15) is 4.79 Å². The third kappa shape index (κ3) is 4.13. The van der Waals surface area contributed by atoms with Crippen molar-refractivity contribution in [2.45, 2.75) is 20.3 Å². The van der Waals surface area contributed by atoms with Crippen LogP contribution in [0.3, 0.4) is 0 Å². The highest BCUT2D eigenvalue weighted by atomic mass is 32.2. The van der Waals surface area contributed by atoms with Gasteiger partial charge in [-0.25, -0.2) is 4.89 Å². The van der Waals surface area contributed by atoms with Crippen LogP contribution >= 0.6 is 23.1 Å². The Kier molecular flexibility index (Phi) is 5.83. The molecule has 0 spiro atoms. The van der Waals surface area contributed by atoms with E-state index < -0.39 is 0 Å². The summed E-state index contributed by atoms with van der Waals surface area (Å²) < 4.78 is 0. The molecule has 1 aromatic rings. The maximum absolute atomic E-state index is 11.5.